The number of hydrogen-bond acceptors (Lipinski definition) is 16. The van der Waals surface area contributed by atoms with Crippen LogP contribution in [-0.4, -0.2) is 165 Å². The summed E-state index contributed by atoms with van der Waals surface area (Å²) in [5.74, 6) is 0.562. The van der Waals surface area contributed by atoms with Crippen molar-refractivity contribution in [1.82, 2.24) is 49.3 Å². The lowest BCUT2D eigenvalue weighted by atomic mass is 9.91. The van der Waals surface area contributed by atoms with E-state index in [4.69, 9.17) is 19.4 Å². The highest BCUT2D eigenvalue weighted by atomic mass is 32.1. The predicted molar refractivity (Wildman–Crippen MR) is 342 cm³/mol. The van der Waals surface area contributed by atoms with Gasteiger partial charge in [0.05, 0.1) is 41.6 Å². The molecule has 89 heavy (non-hydrogen) atoms. The fraction of sp³-hybridized carbons (Fsp3) is 0.333. The summed E-state index contributed by atoms with van der Waals surface area (Å²) in [5, 5.41) is 0. The molecule has 16 nitrogen and oxygen atoms in total. The molecule has 0 bridgehead atoms. The van der Waals surface area contributed by atoms with Crippen LogP contribution in [0, 0.1) is 23.5 Å². The molecule has 0 N–H and O–H groups in total. The SMILES string of the molecule is CC(=O)N1CC(CC(=O)Cc2ccc(Oc3ccnc4cc(-c5ccc(CN6CCN(C)CC6)cn5)sc34)c(F)c2)C1.CN1CCN(Cc2ccc(-c3cc4nccc(Oc5ccc(CC(=O)CC6CN(C(=O)c7ccccc7)C6)cc5F)c4s3)nc2)CC1. The summed E-state index contributed by atoms with van der Waals surface area (Å²) in [5.41, 5.74) is 7.47. The van der Waals surface area contributed by atoms with E-state index in [1.165, 1.54) is 52.9 Å². The summed E-state index contributed by atoms with van der Waals surface area (Å²) in [6.45, 7) is 14.2. The molecule has 20 heteroatoms. The van der Waals surface area contributed by atoms with Crippen LogP contribution < -0.4 is 9.47 Å². The standard InChI is InChI=1S/C37H36FN5O3S.C32H34FN5O3S/c1-41-13-15-42(16-14-41)22-26-7-9-31(40-21-26)35-20-32-36(47-35)34(11-12-39-32)46-33-10-8-25(19-30(33)38)17-29(44)18-27-23-43(24-27)37(45)28-5-3-2-4-6-28;1-21(39)38-19-24(20-38)14-25(40)13-22-4-6-29(26(33)15-22)41-30-7-8-34-28-16-31(42-32(28)30)27-5-3-23(17-35-27)18-37-11-9-36(2)10-12-37/h2-12,19-21,27H,13-18,22-24H2,1H3;3-8,15-17,24H,9-14,18-20H2,1-2H3. The molecule has 0 unspecified atom stereocenters. The number of carbonyl (C=O) groups is 4. The second kappa shape index (κ2) is 27.7. The molecule has 0 atom stereocenters. The van der Waals surface area contributed by atoms with Crippen LogP contribution in [0.2, 0.25) is 0 Å². The number of halogens is 2. The number of Topliss-reactive ketones (excluding diaryl/α,β-unsaturated/α-hetero) is 2. The van der Waals surface area contributed by atoms with Crippen LogP contribution >= 0.6 is 22.7 Å². The highest BCUT2D eigenvalue weighted by Crippen LogP contribution is 2.41. The third-order valence-electron chi connectivity index (χ3n) is 16.8. The average molecular weight is 1240 g/mol. The molecule has 4 saturated heterocycles. The summed E-state index contributed by atoms with van der Waals surface area (Å²) in [6, 6.07) is 34.3. The van der Waals surface area contributed by atoms with E-state index in [0.29, 0.717) is 67.2 Å². The van der Waals surface area contributed by atoms with Crippen molar-refractivity contribution in [2.45, 2.75) is 45.7 Å². The molecule has 4 aliphatic rings. The van der Waals surface area contributed by atoms with E-state index in [0.717, 1.165) is 107 Å². The van der Waals surface area contributed by atoms with Gasteiger partial charge in [0.1, 0.15) is 23.1 Å². The number of ketones is 2. The smallest absolute Gasteiger partial charge is 0.253 e. The zero-order valence-corrected chi connectivity index (χ0v) is 51.8. The number of rotatable bonds is 19. The maximum absolute atomic E-state index is 15.2. The molecule has 4 aliphatic heterocycles. The maximum atomic E-state index is 15.2. The monoisotopic (exact) mass is 1240 g/mol. The number of amides is 2. The fourth-order valence-corrected chi connectivity index (χ4v) is 13.7. The molecule has 0 aliphatic carbocycles. The molecule has 0 spiro atoms. The first-order valence-corrected chi connectivity index (χ1v) is 31.9. The summed E-state index contributed by atoms with van der Waals surface area (Å²) in [6.07, 6.45) is 8.24. The van der Waals surface area contributed by atoms with Gasteiger partial charge in [0.15, 0.2) is 23.1 Å². The van der Waals surface area contributed by atoms with Crippen LogP contribution in [0.25, 0.3) is 41.6 Å². The van der Waals surface area contributed by atoms with Gasteiger partial charge in [-0.05, 0) is 97.0 Å². The van der Waals surface area contributed by atoms with Crippen LogP contribution in [-0.2, 0) is 40.3 Å². The zero-order chi connectivity index (χ0) is 61.5. The molecular weight excluding hydrogens is 1170 g/mol. The number of likely N-dealkylation sites (N-methyl/N-ethyl adjacent to an activating group) is 2. The Balaban J connectivity index is 0.000000174. The fourth-order valence-electron chi connectivity index (χ4n) is 11.6. The van der Waals surface area contributed by atoms with Crippen LogP contribution in [0.1, 0.15) is 52.4 Å². The van der Waals surface area contributed by atoms with E-state index >= 15 is 8.78 Å². The molecule has 6 aromatic heterocycles. The van der Waals surface area contributed by atoms with Gasteiger partial charge < -0.3 is 29.1 Å². The maximum Gasteiger partial charge on any atom is 0.253 e. The van der Waals surface area contributed by atoms with E-state index in [-0.39, 0.29) is 59.6 Å². The van der Waals surface area contributed by atoms with Gasteiger partial charge in [0, 0.05) is 179 Å². The first kappa shape index (κ1) is 61.0. The molecule has 2 amide bonds. The van der Waals surface area contributed by atoms with E-state index in [2.05, 4.69) is 55.8 Å². The average Bonchev–Trinajstić information content (AvgIpc) is 2.42. The van der Waals surface area contributed by atoms with Crippen LogP contribution in [0.5, 0.6) is 23.0 Å². The summed E-state index contributed by atoms with van der Waals surface area (Å²) >= 11 is 3.02. The summed E-state index contributed by atoms with van der Waals surface area (Å²) in [4.78, 5) is 82.6. The van der Waals surface area contributed by atoms with Gasteiger partial charge in [0.2, 0.25) is 5.91 Å². The van der Waals surface area contributed by atoms with Crippen molar-refractivity contribution in [2.24, 2.45) is 11.8 Å². The van der Waals surface area contributed by atoms with Crippen molar-refractivity contribution < 1.29 is 37.4 Å². The number of carbonyl (C=O) groups excluding carboxylic acids is 4. The number of piperazine rings is 2. The zero-order valence-electron chi connectivity index (χ0n) is 50.2. The highest BCUT2D eigenvalue weighted by molar-refractivity contribution is 7.23. The number of ether oxygens (including phenoxy) is 2. The van der Waals surface area contributed by atoms with Crippen molar-refractivity contribution in [1.29, 1.82) is 0 Å². The molecule has 4 fully saturated rings. The number of thiophene rings is 2. The topological polar surface area (TPSA) is 158 Å². The first-order valence-electron chi connectivity index (χ1n) is 30.2. The lowest BCUT2D eigenvalue weighted by Gasteiger charge is -2.39. The Labute approximate surface area is 524 Å². The Hall–Kier alpha value is -8.24. The van der Waals surface area contributed by atoms with Gasteiger partial charge in [-0.15, -0.1) is 22.7 Å². The molecule has 0 saturated carbocycles. The molecule has 9 aromatic rings. The first-order chi connectivity index (χ1) is 43.2. The highest BCUT2D eigenvalue weighted by Gasteiger charge is 2.33. The minimum Gasteiger partial charge on any atom is -0.453 e. The van der Waals surface area contributed by atoms with Gasteiger partial charge in [-0.2, -0.15) is 0 Å². The summed E-state index contributed by atoms with van der Waals surface area (Å²) in [7, 11) is 4.32. The van der Waals surface area contributed by atoms with E-state index in [1.54, 1.807) is 70.7 Å². The third kappa shape index (κ3) is 15.3. The lowest BCUT2D eigenvalue weighted by molar-refractivity contribution is -0.137. The lowest BCUT2D eigenvalue weighted by Crippen LogP contribution is -2.50. The molecule has 458 valence electrons. The second-order valence-electron chi connectivity index (χ2n) is 23.8. The van der Waals surface area contributed by atoms with E-state index in [1.807, 2.05) is 54.9 Å². The largest absolute Gasteiger partial charge is 0.453 e. The Morgan fingerprint density at radius 3 is 1.36 bits per heavy atom. The predicted octanol–water partition coefficient (Wildman–Crippen LogP) is 11.3. The van der Waals surface area contributed by atoms with Crippen LogP contribution in [0.15, 0.2) is 140 Å². The molecular formula is C69H70F2N10O6S2. The molecule has 3 aromatic carbocycles. The number of benzene rings is 3. The molecule has 13 rings (SSSR count). The van der Waals surface area contributed by atoms with Gasteiger partial charge >= 0.3 is 0 Å². The van der Waals surface area contributed by atoms with Gasteiger partial charge in [-0.3, -0.25) is 48.9 Å². The normalized spacial score (nSPS) is 16.2. The van der Waals surface area contributed by atoms with Crippen LogP contribution in [0.4, 0.5) is 8.78 Å². The number of likely N-dealkylation sites (tertiary alicyclic amines) is 2. The van der Waals surface area contributed by atoms with Gasteiger partial charge in [0.25, 0.3) is 5.91 Å². The number of hydrogen-bond donors (Lipinski definition) is 0. The van der Waals surface area contributed by atoms with Crippen molar-refractivity contribution >= 4 is 66.5 Å². The van der Waals surface area contributed by atoms with Crippen molar-refractivity contribution in [3.05, 3.63) is 180 Å². The van der Waals surface area contributed by atoms with E-state index < -0.39 is 11.6 Å². The van der Waals surface area contributed by atoms with Gasteiger partial charge in [-0.25, -0.2) is 8.78 Å². The number of nitrogens with zero attached hydrogens (tertiary/aromatic N) is 10. The minimum atomic E-state index is -0.530. The Kier molecular flexibility index (Phi) is 19.0. The minimum absolute atomic E-state index is 0.0142. The number of fused-ring (bicyclic) bond motifs is 2. The molecule has 0 radical (unpaired) electrons. The van der Waals surface area contributed by atoms with Gasteiger partial charge in [-0.1, -0.05) is 42.5 Å². The van der Waals surface area contributed by atoms with Crippen molar-refractivity contribution in [3.63, 3.8) is 0 Å². The molecule has 10 heterocycles. The second-order valence-corrected chi connectivity index (χ2v) is 25.9. The Morgan fingerprint density at radius 1 is 0.506 bits per heavy atom. The third-order valence-corrected chi connectivity index (χ3v) is 19.2. The Bertz CT molecular complexity index is 3990. The van der Waals surface area contributed by atoms with Crippen molar-refractivity contribution in [3.8, 4) is 44.1 Å². The number of pyridine rings is 4. The number of aromatic nitrogens is 4. The summed E-state index contributed by atoms with van der Waals surface area (Å²) < 4.78 is 44.0. The quantitative estimate of drug-likeness (QED) is 0.0753. The van der Waals surface area contributed by atoms with Crippen LogP contribution in [0.3, 0.4) is 0 Å². The van der Waals surface area contributed by atoms with Crippen molar-refractivity contribution in [2.75, 3.05) is 92.6 Å². The van der Waals surface area contributed by atoms with E-state index in [9.17, 15) is 19.2 Å². The Morgan fingerprint density at radius 2 is 0.944 bits per heavy atom.